The summed E-state index contributed by atoms with van der Waals surface area (Å²) in [5, 5.41) is 9.08. The number of ether oxygens (including phenoxy) is 1. The Bertz CT molecular complexity index is 909. The molecule has 1 aliphatic carbocycles. The van der Waals surface area contributed by atoms with Crippen molar-refractivity contribution in [1.82, 2.24) is 14.5 Å². The van der Waals surface area contributed by atoms with Crippen molar-refractivity contribution in [3.8, 4) is 0 Å². The lowest BCUT2D eigenvalue weighted by molar-refractivity contribution is -0.154. The Morgan fingerprint density at radius 3 is 2.73 bits per heavy atom. The number of nitrogens with zero attached hydrogens (tertiary/aromatic N) is 2. The number of benzene rings is 1. The molecule has 0 bridgehead atoms. The van der Waals surface area contributed by atoms with Crippen molar-refractivity contribution < 1.29 is 19.4 Å². The highest BCUT2D eigenvalue weighted by Crippen LogP contribution is 2.30. The Hall–Kier alpha value is -2.61. The van der Waals surface area contributed by atoms with Crippen LogP contribution in [0.25, 0.3) is 11.0 Å². The maximum Gasteiger partial charge on any atom is 0.334 e. The van der Waals surface area contributed by atoms with Crippen molar-refractivity contribution in [2.24, 2.45) is 0 Å². The van der Waals surface area contributed by atoms with E-state index in [9.17, 15) is 14.4 Å². The summed E-state index contributed by atoms with van der Waals surface area (Å²) in [6.07, 6.45) is 3.25. The molecular weight excluding hydrogens is 338 g/mol. The second-order valence-corrected chi connectivity index (χ2v) is 6.92. The van der Waals surface area contributed by atoms with Gasteiger partial charge in [-0.15, -0.1) is 0 Å². The average Bonchev–Trinajstić information content (AvgIpc) is 3.27. The smallest absolute Gasteiger partial charge is 0.334 e. The van der Waals surface area contributed by atoms with Crippen molar-refractivity contribution >= 4 is 22.9 Å². The van der Waals surface area contributed by atoms with Gasteiger partial charge in [0.15, 0.2) is 6.10 Å². The van der Waals surface area contributed by atoms with Crippen LogP contribution in [0.1, 0.15) is 42.1 Å². The molecule has 0 unspecified atom stereocenters. The first-order valence-electron chi connectivity index (χ1n) is 8.92. The Kier molecular flexibility index (Phi) is 4.28. The topological polar surface area (TPSA) is 105 Å². The van der Waals surface area contributed by atoms with Crippen molar-refractivity contribution in [3.05, 3.63) is 34.2 Å². The number of aromatic amines is 1. The fourth-order valence-electron chi connectivity index (χ4n) is 3.95. The molecule has 2 N–H and O–H groups in total. The first-order chi connectivity index (χ1) is 12.5. The number of hydrogen-bond donors (Lipinski definition) is 2. The number of aliphatic carboxylic acids is 1. The molecule has 8 heteroatoms. The highest BCUT2D eigenvalue weighted by Gasteiger charge is 2.30. The molecule has 0 radical (unpaired) electrons. The van der Waals surface area contributed by atoms with Gasteiger partial charge in [-0.25, -0.2) is 9.59 Å². The third-order valence-electron chi connectivity index (χ3n) is 5.28. The van der Waals surface area contributed by atoms with Crippen molar-refractivity contribution in [1.29, 1.82) is 0 Å². The molecule has 8 nitrogen and oxygen atoms in total. The Morgan fingerprint density at radius 2 is 2.00 bits per heavy atom. The molecule has 1 atom stereocenters. The maximum atomic E-state index is 12.7. The standard InChI is InChI=1S/C18H21N3O5/c22-16(20-7-8-26-15(10-20)17(23)24)11-5-6-14-13(9-11)19-18(25)21(14)12-3-1-2-4-12/h5-6,9,12,15H,1-4,7-8,10H2,(H,19,25)(H,23,24)/t15-/m1/s1. The minimum atomic E-state index is -1.07. The highest BCUT2D eigenvalue weighted by molar-refractivity contribution is 5.97. The zero-order valence-electron chi connectivity index (χ0n) is 14.3. The molecule has 1 aromatic heterocycles. The highest BCUT2D eigenvalue weighted by atomic mass is 16.5. The molecule has 26 heavy (non-hydrogen) atoms. The number of carbonyl (C=O) groups is 2. The van der Waals surface area contributed by atoms with E-state index >= 15 is 0 Å². The summed E-state index contributed by atoms with van der Waals surface area (Å²) in [6, 6.07) is 5.39. The number of carbonyl (C=O) groups excluding carboxylic acids is 1. The van der Waals surface area contributed by atoms with Crippen LogP contribution in [-0.2, 0) is 9.53 Å². The molecule has 2 aromatic rings. The van der Waals surface area contributed by atoms with Gasteiger partial charge in [-0.05, 0) is 31.0 Å². The van der Waals surface area contributed by atoms with Gasteiger partial charge in [-0.1, -0.05) is 12.8 Å². The van der Waals surface area contributed by atoms with Crippen molar-refractivity contribution in [2.45, 2.75) is 37.8 Å². The first kappa shape index (κ1) is 16.8. The lowest BCUT2D eigenvalue weighted by atomic mass is 10.1. The fourth-order valence-corrected chi connectivity index (χ4v) is 3.95. The molecule has 2 fully saturated rings. The molecule has 0 spiro atoms. The maximum absolute atomic E-state index is 12.7. The normalized spacial score (nSPS) is 21.4. The van der Waals surface area contributed by atoms with Crippen LogP contribution < -0.4 is 5.69 Å². The molecular formula is C18H21N3O5. The van der Waals surface area contributed by atoms with E-state index < -0.39 is 12.1 Å². The summed E-state index contributed by atoms with van der Waals surface area (Å²) in [7, 11) is 0. The number of amides is 1. The molecule has 138 valence electrons. The van der Waals surface area contributed by atoms with Gasteiger partial charge < -0.3 is 19.7 Å². The monoisotopic (exact) mass is 359 g/mol. The van der Waals surface area contributed by atoms with Gasteiger partial charge >= 0.3 is 11.7 Å². The van der Waals surface area contributed by atoms with E-state index in [1.165, 1.54) is 4.90 Å². The van der Waals surface area contributed by atoms with Crippen molar-refractivity contribution in [2.75, 3.05) is 19.7 Å². The summed E-state index contributed by atoms with van der Waals surface area (Å²) >= 11 is 0. The van der Waals surface area contributed by atoms with Gasteiger partial charge in [0, 0.05) is 18.2 Å². The van der Waals surface area contributed by atoms with Crippen LogP contribution in [0.4, 0.5) is 0 Å². The Balaban J connectivity index is 1.62. The van der Waals surface area contributed by atoms with E-state index in [4.69, 9.17) is 9.84 Å². The van der Waals surface area contributed by atoms with E-state index in [0.717, 1.165) is 31.2 Å². The number of imidazole rings is 1. The number of morpholine rings is 1. The number of nitrogens with one attached hydrogen (secondary N) is 1. The van der Waals surface area contributed by atoms with E-state index in [-0.39, 0.29) is 30.8 Å². The second kappa shape index (κ2) is 6.60. The molecule has 4 rings (SSSR count). The minimum Gasteiger partial charge on any atom is -0.479 e. The fraction of sp³-hybridized carbons (Fsp3) is 0.500. The van der Waals surface area contributed by atoms with Gasteiger partial charge in [0.25, 0.3) is 5.91 Å². The Morgan fingerprint density at radius 1 is 1.23 bits per heavy atom. The van der Waals surface area contributed by atoms with Gasteiger partial charge in [-0.2, -0.15) is 0 Å². The zero-order chi connectivity index (χ0) is 18.3. The lowest BCUT2D eigenvalue weighted by Crippen LogP contribution is -2.48. The predicted molar refractivity (Wildman–Crippen MR) is 93.3 cm³/mol. The molecule has 1 aromatic carbocycles. The zero-order valence-corrected chi connectivity index (χ0v) is 14.3. The van der Waals surface area contributed by atoms with Crippen LogP contribution in [0.2, 0.25) is 0 Å². The van der Waals surface area contributed by atoms with Crippen LogP contribution in [-0.4, -0.2) is 57.2 Å². The third kappa shape index (κ3) is 2.90. The molecule has 1 aliphatic heterocycles. The summed E-state index contributed by atoms with van der Waals surface area (Å²) in [6.45, 7) is 0.561. The quantitative estimate of drug-likeness (QED) is 0.861. The summed E-state index contributed by atoms with van der Waals surface area (Å²) in [5.41, 5.74) is 1.73. The van der Waals surface area contributed by atoms with E-state index in [2.05, 4.69) is 4.98 Å². The average molecular weight is 359 g/mol. The van der Waals surface area contributed by atoms with Crippen LogP contribution in [0.3, 0.4) is 0 Å². The first-order valence-corrected chi connectivity index (χ1v) is 8.92. The Labute approximate surface area is 149 Å². The van der Waals surface area contributed by atoms with Crippen LogP contribution in [0.5, 0.6) is 0 Å². The molecule has 1 saturated carbocycles. The summed E-state index contributed by atoms with van der Waals surface area (Å²) in [4.78, 5) is 40.5. The van der Waals surface area contributed by atoms with Gasteiger partial charge in [0.05, 0.1) is 24.2 Å². The largest absolute Gasteiger partial charge is 0.479 e. The molecule has 2 heterocycles. The van der Waals surface area contributed by atoms with Crippen molar-refractivity contribution in [3.63, 3.8) is 0 Å². The van der Waals surface area contributed by atoms with E-state index in [1.807, 2.05) is 0 Å². The minimum absolute atomic E-state index is 0.0197. The van der Waals surface area contributed by atoms with Crippen LogP contribution >= 0.6 is 0 Å². The summed E-state index contributed by atoms with van der Waals surface area (Å²) in [5.74, 6) is -1.33. The van der Waals surface area contributed by atoms with E-state index in [0.29, 0.717) is 17.6 Å². The predicted octanol–water partition coefficient (Wildman–Crippen LogP) is 1.37. The summed E-state index contributed by atoms with van der Waals surface area (Å²) < 4.78 is 6.96. The van der Waals surface area contributed by atoms with Gasteiger partial charge in [0.1, 0.15) is 0 Å². The molecule has 1 saturated heterocycles. The van der Waals surface area contributed by atoms with E-state index in [1.54, 1.807) is 22.8 Å². The van der Waals surface area contributed by atoms with Crippen LogP contribution in [0.15, 0.2) is 23.0 Å². The lowest BCUT2D eigenvalue weighted by Gasteiger charge is -2.30. The number of H-pyrrole nitrogens is 1. The number of fused-ring (bicyclic) bond motifs is 1. The number of carboxylic acids is 1. The van der Waals surface area contributed by atoms with Crippen LogP contribution in [0, 0.1) is 0 Å². The third-order valence-corrected chi connectivity index (χ3v) is 5.28. The molecule has 2 aliphatic rings. The SMILES string of the molecule is O=C(O)[C@H]1CN(C(=O)c2ccc3c(c2)[nH]c(=O)n3C2CCCC2)CCO1. The number of aromatic nitrogens is 2. The number of hydrogen-bond acceptors (Lipinski definition) is 4. The molecule has 1 amide bonds. The second-order valence-electron chi connectivity index (χ2n) is 6.92. The van der Waals surface area contributed by atoms with Gasteiger partial charge in [0.2, 0.25) is 0 Å². The number of rotatable bonds is 3. The number of carboxylic acid groups (broad SMARTS) is 1. The van der Waals surface area contributed by atoms with Gasteiger partial charge in [-0.3, -0.25) is 9.36 Å².